The molecule has 5 heteroatoms. The van der Waals surface area contributed by atoms with Gasteiger partial charge in [-0.05, 0) is 37.4 Å². The van der Waals surface area contributed by atoms with Crippen molar-refractivity contribution in [3.63, 3.8) is 0 Å². The highest BCUT2D eigenvalue weighted by Gasteiger charge is 2.51. The fourth-order valence-corrected chi connectivity index (χ4v) is 4.21. The minimum Gasteiger partial charge on any atom is -0.455 e. The summed E-state index contributed by atoms with van der Waals surface area (Å²) in [6, 6.07) is 10.9. The lowest BCUT2D eigenvalue weighted by atomic mass is 9.75. The van der Waals surface area contributed by atoms with Gasteiger partial charge in [0.15, 0.2) is 0 Å². The van der Waals surface area contributed by atoms with Crippen LogP contribution in [0.4, 0.5) is 5.82 Å². The zero-order chi connectivity index (χ0) is 15.3. The van der Waals surface area contributed by atoms with Gasteiger partial charge < -0.3 is 4.74 Å². The van der Waals surface area contributed by atoms with E-state index in [2.05, 4.69) is 32.3 Å². The first-order valence-electron chi connectivity index (χ1n) is 8.38. The maximum atomic E-state index is 6.30. The van der Waals surface area contributed by atoms with E-state index in [1.807, 2.05) is 24.4 Å². The number of hydrogen-bond donors (Lipinski definition) is 1. The van der Waals surface area contributed by atoms with Crippen LogP contribution in [0, 0.1) is 5.92 Å². The molecule has 1 aromatic heterocycles. The summed E-state index contributed by atoms with van der Waals surface area (Å²) in [6.45, 7) is 4.21. The fraction of sp³-hybridized carbons (Fsp3) is 0.444. The quantitative estimate of drug-likeness (QED) is 0.879. The average molecular weight is 308 g/mol. The third-order valence-electron chi connectivity index (χ3n) is 5.48. The molecular formula is C18H20N4O. The van der Waals surface area contributed by atoms with Gasteiger partial charge in [-0.25, -0.2) is 9.98 Å². The summed E-state index contributed by atoms with van der Waals surface area (Å²) >= 11 is 0. The van der Waals surface area contributed by atoms with Gasteiger partial charge in [0, 0.05) is 24.0 Å². The van der Waals surface area contributed by atoms with Crippen molar-refractivity contribution >= 4 is 22.6 Å². The molecule has 1 unspecified atom stereocenters. The molecule has 6 rings (SSSR count). The van der Waals surface area contributed by atoms with Crippen molar-refractivity contribution < 1.29 is 4.74 Å². The summed E-state index contributed by atoms with van der Waals surface area (Å²) < 4.78 is 6.30. The summed E-state index contributed by atoms with van der Waals surface area (Å²) in [5, 5.41) is 5.57. The Kier molecular flexibility index (Phi) is 2.85. The van der Waals surface area contributed by atoms with Crippen LogP contribution in [0.15, 0.2) is 41.5 Å². The molecule has 118 valence electrons. The standard InChI is InChI=1S/C18H20N4O/c1-2-4-14-10-19-16(9-13(14)3-1)21-17-20-11-18(23-17)12-22-7-5-15(18)6-8-22/h1-4,9-10,15H,5-8,11-12H2,(H,19,20,21). The first-order valence-corrected chi connectivity index (χ1v) is 8.38. The van der Waals surface area contributed by atoms with Crippen molar-refractivity contribution in [2.45, 2.75) is 18.4 Å². The van der Waals surface area contributed by atoms with E-state index in [1.165, 1.54) is 31.3 Å². The van der Waals surface area contributed by atoms with Crippen molar-refractivity contribution in [3.8, 4) is 0 Å². The van der Waals surface area contributed by atoms with Crippen LogP contribution in [0.3, 0.4) is 0 Å². The van der Waals surface area contributed by atoms with Crippen LogP contribution in [0.2, 0.25) is 0 Å². The van der Waals surface area contributed by atoms with Gasteiger partial charge in [0.25, 0.3) is 6.02 Å². The summed E-state index contributed by atoms with van der Waals surface area (Å²) in [5.74, 6) is 1.43. The molecule has 0 saturated carbocycles. The number of aliphatic imine (C=N–C) groups is 1. The Bertz CT molecular complexity index is 781. The smallest absolute Gasteiger partial charge is 0.291 e. The molecule has 1 aromatic carbocycles. The second-order valence-electron chi connectivity index (χ2n) is 6.88. The molecule has 1 atom stereocenters. The summed E-state index contributed by atoms with van der Waals surface area (Å²) in [6.07, 6.45) is 4.35. The van der Waals surface area contributed by atoms with Crippen LogP contribution in [-0.2, 0) is 4.74 Å². The van der Waals surface area contributed by atoms with Gasteiger partial charge >= 0.3 is 0 Å². The Morgan fingerprint density at radius 3 is 2.78 bits per heavy atom. The molecule has 1 N–H and O–H groups in total. The van der Waals surface area contributed by atoms with Crippen LogP contribution in [-0.4, -0.2) is 47.7 Å². The van der Waals surface area contributed by atoms with E-state index in [4.69, 9.17) is 4.74 Å². The predicted molar refractivity (Wildman–Crippen MR) is 90.6 cm³/mol. The number of rotatable bonds is 1. The lowest BCUT2D eigenvalue weighted by Crippen LogP contribution is -2.61. The maximum Gasteiger partial charge on any atom is 0.291 e. The Labute approximate surface area is 135 Å². The van der Waals surface area contributed by atoms with Gasteiger partial charge in [-0.15, -0.1) is 0 Å². The minimum absolute atomic E-state index is 0.102. The maximum absolute atomic E-state index is 6.30. The van der Waals surface area contributed by atoms with Crippen LogP contribution in [0.25, 0.3) is 10.8 Å². The molecule has 2 aromatic rings. The highest BCUT2D eigenvalue weighted by Crippen LogP contribution is 2.40. The van der Waals surface area contributed by atoms with E-state index in [9.17, 15) is 0 Å². The molecule has 1 spiro atoms. The minimum atomic E-state index is -0.102. The Morgan fingerprint density at radius 2 is 2.00 bits per heavy atom. The Hall–Kier alpha value is -2.14. The van der Waals surface area contributed by atoms with Gasteiger partial charge in [-0.3, -0.25) is 10.2 Å². The zero-order valence-electron chi connectivity index (χ0n) is 13.0. The fourth-order valence-electron chi connectivity index (χ4n) is 4.21. The third-order valence-corrected chi connectivity index (χ3v) is 5.48. The Morgan fingerprint density at radius 1 is 1.17 bits per heavy atom. The molecule has 2 bridgehead atoms. The summed E-state index contributed by atoms with van der Waals surface area (Å²) in [7, 11) is 0. The zero-order valence-corrected chi connectivity index (χ0v) is 13.0. The van der Waals surface area contributed by atoms with Crippen LogP contribution >= 0.6 is 0 Å². The van der Waals surface area contributed by atoms with Gasteiger partial charge in [0.1, 0.15) is 11.4 Å². The van der Waals surface area contributed by atoms with Gasteiger partial charge in [0.2, 0.25) is 0 Å². The van der Waals surface area contributed by atoms with E-state index in [1.54, 1.807) is 0 Å². The number of amidine groups is 1. The molecule has 0 radical (unpaired) electrons. The number of anilines is 1. The van der Waals surface area contributed by atoms with Crippen LogP contribution in [0.5, 0.6) is 0 Å². The van der Waals surface area contributed by atoms with Gasteiger partial charge in [0.05, 0.1) is 6.54 Å². The molecule has 5 heterocycles. The third kappa shape index (κ3) is 2.18. The summed E-state index contributed by atoms with van der Waals surface area (Å²) in [4.78, 5) is 11.6. The number of aromatic nitrogens is 1. The molecule has 4 aliphatic heterocycles. The normalized spacial score (nSPS) is 32.1. The topological polar surface area (TPSA) is 49.8 Å². The molecule has 3 saturated heterocycles. The molecule has 0 amide bonds. The summed E-state index contributed by atoms with van der Waals surface area (Å²) in [5.41, 5.74) is -0.102. The predicted octanol–water partition coefficient (Wildman–Crippen LogP) is 2.50. The number of ether oxygens (including phenoxy) is 1. The molecule has 5 nitrogen and oxygen atoms in total. The second-order valence-corrected chi connectivity index (χ2v) is 6.88. The van der Waals surface area contributed by atoms with E-state index in [0.717, 1.165) is 24.3 Å². The van der Waals surface area contributed by atoms with E-state index in [0.29, 0.717) is 11.9 Å². The first kappa shape index (κ1) is 13.3. The highest BCUT2D eigenvalue weighted by atomic mass is 16.5. The largest absolute Gasteiger partial charge is 0.455 e. The van der Waals surface area contributed by atoms with Gasteiger partial charge in [-0.1, -0.05) is 24.3 Å². The van der Waals surface area contributed by atoms with Gasteiger partial charge in [-0.2, -0.15) is 0 Å². The van der Waals surface area contributed by atoms with Crippen molar-refractivity contribution in [3.05, 3.63) is 36.5 Å². The van der Waals surface area contributed by atoms with Crippen molar-refractivity contribution in [1.82, 2.24) is 9.88 Å². The Balaban J connectivity index is 1.35. The SMILES string of the molecule is c1ccc2cc(NC3=NCC4(CN5CCC4CC5)O3)ncc2c1. The number of benzene rings is 1. The number of pyridine rings is 1. The number of fused-ring (bicyclic) bond motifs is 3. The number of nitrogens with one attached hydrogen (secondary N) is 1. The van der Waals surface area contributed by atoms with E-state index in [-0.39, 0.29) is 5.60 Å². The number of piperidine rings is 3. The van der Waals surface area contributed by atoms with Crippen LogP contribution < -0.4 is 5.32 Å². The van der Waals surface area contributed by atoms with Crippen molar-refractivity contribution in [2.24, 2.45) is 10.9 Å². The molecule has 3 fully saturated rings. The highest BCUT2D eigenvalue weighted by molar-refractivity contribution is 5.92. The van der Waals surface area contributed by atoms with E-state index >= 15 is 0 Å². The number of hydrogen-bond acceptors (Lipinski definition) is 5. The lowest BCUT2D eigenvalue weighted by molar-refractivity contribution is -0.0829. The molecular weight excluding hydrogens is 288 g/mol. The molecule has 0 aliphatic carbocycles. The average Bonchev–Trinajstić information content (AvgIpc) is 2.98. The lowest BCUT2D eigenvalue weighted by Gasteiger charge is -2.50. The monoisotopic (exact) mass is 308 g/mol. The molecule has 4 aliphatic rings. The van der Waals surface area contributed by atoms with Crippen LogP contribution in [0.1, 0.15) is 12.8 Å². The van der Waals surface area contributed by atoms with Crippen molar-refractivity contribution in [2.75, 3.05) is 31.5 Å². The molecule has 23 heavy (non-hydrogen) atoms. The first-order chi connectivity index (χ1) is 11.3. The second kappa shape index (κ2) is 4.93. The van der Waals surface area contributed by atoms with E-state index < -0.39 is 0 Å². The number of nitrogens with zero attached hydrogens (tertiary/aromatic N) is 3. The van der Waals surface area contributed by atoms with Crippen molar-refractivity contribution in [1.29, 1.82) is 0 Å².